The van der Waals surface area contributed by atoms with Crippen LogP contribution in [0.25, 0.3) is 0 Å². The van der Waals surface area contributed by atoms with E-state index in [1.165, 1.54) is 6.07 Å². The Balaban J connectivity index is 1.45. The highest BCUT2D eigenvalue weighted by molar-refractivity contribution is 5.77. The van der Waals surface area contributed by atoms with Crippen molar-refractivity contribution >= 4 is 11.7 Å². The van der Waals surface area contributed by atoms with Crippen molar-refractivity contribution < 1.29 is 9.18 Å². The number of carbonyl (C=O) groups excluding carboxylic acids is 1. The number of aromatic nitrogens is 1. The molecule has 4 rings (SSSR count). The molecule has 136 valence electrons. The summed E-state index contributed by atoms with van der Waals surface area (Å²) >= 11 is 0. The van der Waals surface area contributed by atoms with E-state index in [1.807, 2.05) is 0 Å². The Labute approximate surface area is 148 Å². The zero-order valence-electron chi connectivity index (χ0n) is 14.7. The number of amides is 1. The van der Waals surface area contributed by atoms with E-state index in [4.69, 9.17) is 0 Å². The van der Waals surface area contributed by atoms with Crippen LogP contribution in [0.5, 0.6) is 0 Å². The Hall–Kier alpha value is -1.69. The third-order valence-corrected chi connectivity index (χ3v) is 6.10. The van der Waals surface area contributed by atoms with Gasteiger partial charge in [0.2, 0.25) is 5.91 Å². The predicted octanol–water partition coefficient (Wildman–Crippen LogP) is 2.04. The van der Waals surface area contributed by atoms with E-state index in [0.29, 0.717) is 36.0 Å². The van der Waals surface area contributed by atoms with E-state index in [2.05, 4.69) is 20.1 Å². The lowest BCUT2D eigenvalue weighted by atomic mass is 9.82. The molecule has 3 aliphatic rings. The maximum absolute atomic E-state index is 14.1. The minimum absolute atomic E-state index is 0.251. The Morgan fingerprint density at radius 2 is 2.08 bits per heavy atom. The van der Waals surface area contributed by atoms with E-state index >= 15 is 0 Å². The molecule has 0 saturated carbocycles. The quantitative estimate of drug-likeness (QED) is 0.910. The number of rotatable bonds is 3. The molecule has 0 unspecified atom stereocenters. The van der Waals surface area contributed by atoms with Crippen LogP contribution in [0.15, 0.2) is 18.3 Å². The summed E-state index contributed by atoms with van der Waals surface area (Å²) in [6, 6.07) is 3.42. The number of fused-ring (bicyclic) bond motifs is 1. The van der Waals surface area contributed by atoms with E-state index in [1.54, 1.807) is 12.3 Å². The number of likely N-dealkylation sites (tertiary alicyclic amines) is 1. The van der Waals surface area contributed by atoms with Crippen molar-refractivity contribution in [2.75, 3.05) is 37.6 Å². The van der Waals surface area contributed by atoms with Gasteiger partial charge in [-0.15, -0.1) is 0 Å². The highest BCUT2D eigenvalue weighted by atomic mass is 19.1. The van der Waals surface area contributed by atoms with Gasteiger partial charge in [-0.25, -0.2) is 9.37 Å². The van der Waals surface area contributed by atoms with Gasteiger partial charge < -0.3 is 15.1 Å². The van der Waals surface area contributed by atoms with Gasteiger partial charge in [-0.2, -0.15) is 0 Å². The second kappa shape index (κ2) is 7.28. The van der Waals surface area contributed by atoms with Crippen molar-refractivity contribution in [3.05, 3.63) is 24.1 Å². The second-order valence-corrected chi connectivity index (χ2v) is 7.65. The van der Waals surface area contributed by atoms with Crippen LogP contribution in [0, 0.1) is 17.7 Å². The van der Waals surface area contributed by atoms with E-state index in [0.717, 1.165) is 58.4 Å². The first-order chi connectivity index (χ1) is 12.2. The molecule has 1 amide bonds. The molecule has 1 aromatic rings. The average molecular weight is 346 g/mol. The highest BCUT2D eigenvalue weighted by Crippen LogP contribution is 2.34. The lowest BCUT2D eigenvalue weighted by molar-refractivity contribution is -0.140. The normalized spacial score (nSPS) is 28.1. The fourth-order valence-electron chi connectivity index (χ4n) is 4.73. The van der Waals surface area contributed by atoms with Crippen molar-refractivity contribution in [3.63, 3.8) is 0 Å². The molecule has 4 heterocycles. The summed E-state index contributed by atoms with van der Waals surface area (Å²) in [5, 5.41) is 3.40. The molecular formula is C19H27FN4O. The molecule has 5 nitrogen and oxygen atoms in total. The van der Waals surface area contributed by atoms with Crippen LogP contribution < -0.4 is 10.2 Å². The molecule has 0 aliphatic carbocycles. The molecule has 1 aromatic heterocycles. The van der Waals surface area contributed by atoms with Gasteiger partial charge in [-0.3, -0.25) is 4.79 Å². The van der Waals surface area contributed by atoms with Gasteiger partial charge in [-0.05, 0) is 62.7 Å². The number of anilines is 1. The number of hydrogen-bond acceptors (Lipinski definition) is 4. The molecular weight excluding hydrogens is 319 g/mol. The molecule has 25 heavy (non-hydrogen) atoms. The van der Waals surface area contributed by atoms with Crippen LogP contribution >= 0.6 is 0 Å². The maximum atomic E-state index is 14.1. The maximum Gasteiger partial charge on any atom is 0.222 e. The molecule has 1 N–H and O–H groups in total. The number of hydrogen-bond donors (Lipinski definition) is 1. The zero-order chi connectivity index (χ0) is 17.2. The number of piperidine rings is 3. The highest BCUT2D eigenvalue weighted by Gasteiger charge is 2.40. The van der Waals surface area contributed by atoms with E-state index in [9.17, 15) is 9.18 Å². The standard InChI is InChI=1S/C19H27FN4O/c20-16-2-1-8-22-19(16)23-11-7-17-15(13-23)3-4-18(25)24(17)12-14-5-9-21-10-6-14/h1-2,8,14-15,17,21H,3-7,9-13H2/t15-,17+/m0/s1. The average Bonchev–Trinajstić information content (AvgIpc) is 2.65. The van der Waals surface area contributed by atoms with E-state index < -0.39 is 0 Å². The second-order valence-electron chi connectivity index (χ2n) is 7.65. The molecule has 0 bridgehead atoms. The third-order valence-electron chi connectivity index (χ3n) is 6.10. The summed E-state index contributed by atoms with van der Waals surface area (Å²) in [6.07, 6.45) is 6.43. The Kier molecular flexibility index (Phi) is 4.88. The van der Waals surface area contributed by atoms with Crippen molar-refractivity contribution in [1.29, 1.82) is 0 Å². The fraction of sp³-hybridized carbons (Fsp3) is 0.684. The molecule has 0 aromatic carbocycles. The van der Waals surface area contributed by atoms with Crippen molar-refractivity contribution in [3.8, 4) is 0 Å². The van der Waals surface area contributed by atoms with Gasteiger partial charge in [-0.1, -0.05) is 0 Å². The minimum Gasteiger partial charge on any atom is -0.354 e. The molecule has 3 aliphatic heterocycles. The van der Waals surface area contributed by atoms with Crippen LogP contribution in [0.4, 0.5) is 10.2 Å². The van der Waals surface area contributed by atoms with Gasteiger partial charge in [0.05, 0.1) is 0 Å². The van der Waals surface area contributed by atoms with Gasteiger partial charge in [0, 0.05) is 38.3 Å². The summed E-state index contributed by atoms with van der Waals surface area (Å²) in [6.45, 7) is 4.60. The number of halogens is 1. The van der Waals surface area contributed by atoms with Gasteiger partial charge >= 0.3 is 0 Å². The monoisotopic (exact) mass is 346 g/mol. The smallest absolute Gasteiger partial charge is 0.222 e. The Bertz CT molecular complexity index is 619. The first kappa shape index (κ1) is 16.8. The lowest BCUT2D eigenvalue weighted by Gasteiger charge is -2.48. The van der Waals surface area contributed by atoms with Crippen LogP contribution in [-0.4, -0.2) is 54.6 Å². The third kappa shape index (κ3) is 3.50. The van der Waals surface area contributed by atoms with Crippen LogP contribution in [-0.2, 0) is 4.79 Å². The summed E-state index contributed by atoms with van der Waals surface area (Å²) in [7, 11) is 0. The lowest BCUT2D eigenvalue weighted by Crippen LogP contribution is -2.57. The SMILES string of the molecule is O=C1CC[C@H]2CN(c3ncccc3F)CC[C@H]2N1CC1CCNCC1. The number of nitrogens with one attached hydrogen (secondary N) is 1. The van der Waals surface area contributed by atoms with Gasteiger partial charge in [0.1, 0.15) is 0 Å². The summed E-state index contributed by atoms with van der Waals surface area (Å²) in [4.78, 5) is 21.0. The van der Waals surface area contributed by atoms with Crippen molar-refractivity contribution in [1.82, 2.24) is 15.2 Å². The minimum atomic E-state index is -0.251. The molecule has 6 heteroatoms. The fourth-order valence-corrected chi connectivity index (χ4v) is 4.73. The van der Waals surface area contributed by atoms with Gasteiger partial charge in [0.25, 0.3) is 0 Å². The largest absolute Gasteiger partial charge is 0.354 e. The molecule has 0 radical (unpaired) electrons. The topological polar surface area (TPSA) is 48.5 Å². The number of nitrogens with zero attached hydrogens (tertiary/aromatic N) is 3. The van der Waals surface area contributed by atoms with E-state index in [-0.39, 0.29) is 5.82 Å². The van der Waals surface area contributed by atoms with Crippen LogP contribution in [0.2, 0.25) is 0 Å². The zero-order valence-corrected chi connectivity index (χ0v) is 14.7. The Morgan fingerprint density at radius 3 is 2.88 bits per heavy atom. The first-order valence-corrected chi connectivity index (χ1v) is 9.58. The molecule has 0 spiro atoms. The molecule has 2 atom stereocenters. The number of pyridine rings is 1. The summed E-state index contributed by atoms with van der Waals surface area (Å²) in [5.74, 6) is 1.57. The van der Waals surface area contributed by atoms with Crippen molar-refractivity contribution in [2.24, 2.45) is 11.8 Å². The Morgan fingerprint density at radius 1 is 1.24 bits per heavy atom. The predicted molar refractivity (Wildman–Crippen MR) is 94.8 cm³/mol. The van der Waals surface area contributed by atoms with Crippen LogP contribution in [0.1, 0.15) is 32.1 Å². The summed E-state index contributed by atoms with van der Waals surface area (Å²) in [5.41, 5.74) is 0. The van der Waals surface area contributed by atoms with Crippen LogP contribution in [0.3, 0.4) is 0 Å². The first-order valence-electron chi connectivity index (χ1n) is 9.58. The summed E-state index contributed by atoms with van der Waals surface area (Å²) < 4.78 is 14.1. The van der Waals surface area contributed by atoms with Gasteiger partial charge in [0.15, 0.2) is 11.6 Å². The molecule has 3 saturated heterocycles. The number of carbonyl (C=O) groups is 1. The molecule has 3 fully saturated rings. The van der Waals surface area contributed by atoms with Crippen molar-refractivity contribution in [2.45, 2.75) is 38.1 Å².